The van der Waals surface area contributed by atoms with Gasteiger partial charge in [-0.1, -0.05) is 24.8 Å². The van der Waals surface area contributed by atoms with Gasteiger partial charge in [-0.3, -0.25) is 4.98 Å². The zero-order chi connectivity index (χ0) is 17.8. The molecule has 1 fully saturated rings. The minimum Gasteiger partial charge on any atom is -0.487 e. The molecular formula is C17H19N5O3. The van der Waals surface area contributed by atoms with Gasteiger partial charge in [0.05, 0.1) is 0 Å². The summed E-state index contributed by atoms with van der Waals surface area (Å²) in [6.07, 6.45) is 1.88. The largest absolute Gasteiger partial charge is 0.487 e. The third kappa shape index (κ3) is 3.47. The number of nitrogens with zero attached hydrogens (tertiary/aromatic N) is 2. The van der Waals surface area contributed by atoms with Crippen molar-refractivity contribution < 1.29 is 9.53 Å². The highest BCUT2D eigenvalue weighted by Crippen LogP contribution is 2.15. The Morgan fingerprint density at radius 1 is 1.36 bits per heavy atom. The number of carbonyl (C=O) groups excluding carboxylic acids is 1. The van der Waals surface area contributed by atoms with Gasteiger partial charge < -0.3 is 20.4 Å². The van der Waals surface area contributed by atoms with Crippen molar-refractivity contribution in [3.63, 3.8) is 0 Å². The lowest BCUT2D eigenvalue weighted by atomic mass is 10.2. The fourth-order valence-electron chi connectivity index (χ4n) is 2.42. The molecule has 1 aromatic heterocycles. The summed E-state index contributed by atoms with van der Waals surface area (Å²) in [5.74, 6) is 0.937. The van der Waals surface area contributed by atoms with Gasteiger partial charge in [0, 0.05) is 25.0 Å². The first-order chi connectivity index (χ1) is 12.1. The number of H-pyrrole nitrogens is 1. The van der Waals surface area contributed by atoms with Crippen molar-refractivity contribution in [1.82, 2.24) is 14.5 Å². The van der Waals surface area contributed by atoms with E-state index in [1.54, 1.807) is 4.90 Å². The summed E-state index contributed by atoms with van der Waals surface area (Å²) in [7, 11) is 0. The van der Waals surface area contributed by atoms with Crippen molar-refractivity contribution in [1.29, 1.82) is 5.41 Å². The number of benzene rings is 1. The van der Waals surface area contributed by atoms with Crippen LogP contribution in [0.5, 0.6) is 5.75 Å². The molecule has 1 aliphatic heterocycles. The molecule has 1 aliphatic rings. The van der Waals surface area contributed by atoms with Gasteiger partial charge in [-0.2, -0.15) is 0 Å². The Morgan fingerprint density at radius 2 is 2.08 bits per heavy atom. The molecule has 1 amide bonds. The van der Waals surface area contributed by atoms with Crippen LogP contribution in [0.2, 0.25) is 0 Å². The summed E-state index contributed by atoms with van der Waals surface area (Å²) in [4.78, 5) is 28.6. The Labute approximate surface area is 144 Å². The van der Waals surface area contributed by atoms with Crippen LogP contribution in [0.15, 0.2) is 47.4 Å². The second-order valence-corrected chi connectivity index (χ2v) is 5.62. The first-order valence-corrected chi connectivity index (χ1v) is 7.87. The molecule has 130 valence electrons. The number of hydrogen-bond acceptors (Lipinski definition) is 5. The van der Waals surface area contributed by atoms with E-state index in [0.717, 1.165) is 17.2 Å². The first kappa shape index (κ1) is 16.6. The molecule has 0 atom stereocenters. The number of anilines is 1. The van der Waals surface area contributed by atoms with Crippen molar-refractivity contribution in [2.45, 2.75) is 6.42 Å². The number of ether oxygens (including phenoxy) is 1. The monoisotopic (exact) mass is 341 g/mol. The van der Waals surface area contributed by atoms with Crippen molar-refractivity contribution in [2.24, 2.45) is 0 Å². The molecule has 8 heteroatoms. The van der Waals surface area contributed by atoms with Gasteiger partial charge in [0.2, 0.25) is 0 Å². The number of hydrogen-bond donors (Lipinski definition) is 3. The molecular weight excluding hydrogens is 322 g/mol. The highest BCUT2D eigenvalue weighted by atomic mass is 16.5. The quantitative estimate of drug-likeness (QED) is 0.698. The average Bonchev–Trinajstić information content (AvgIpc) is 2.87. The molecule has 1 saturated heterocycles. The van der Waals surface area contributed by atoms with Crippen LogP contribution >= 0.6 is 0 Å². The number of aromatic amines is 1. The standard InChI is InChI=1S/C17H19N5O3/c1-12(11-25-13-6-3-2-4-7-13)19-15-14(10-18)22(16(23)20-15)17(24)21-8-5-9-21/h2-4,6-7,10,18-19H,1,5,8-9,11H2,(H,20,23). The molecule has 8 nitrogen and oxygen atoms in total. The van der Waals surface area contributed by atoms with E-state index in [9.17, 15) is 9.59 Å². The van der Waals surface area contributed by atoms with Crippen LogP contribution in [0.3, 0.4) is 0 Å². The minimum absolute atomic E-state index is 0.155. The van der Waals surface area contributed by atoms with Gasteiger partial charge in [0.1, 0.15) is 23.9 Å². The van der Waals surface area contributed by atoms with E-state index in [0.29, 0.717) is 24.5 Å². The van der Waals surface area contributed by atoms with Crippen molar-refractivity contribution in [3.05, 3.63) is 58.8 Å². The van der Waals surface area contributed by atoms with Gasteiger partial charge in [-0.25, -0.2) is 14.2 Å². The molecule has 2 aromatic rings. The van der Waals surface area contributed by atoms with E-state index in [2.05, 4.69) is 16.9 Å². The van der Waals surface area contributed by atoms with Crippen LogP contribution < -0.4 is 15.7 Å². The van der Waals surface area contributed by atoms with E-state index in [4.69, 9.17) is 10.1 Å². The molecule has 1 aromatic carbocycles. The van der Waals surface area contributed by atoms with E-state index >= 15 is 0 Å². The third-order valence-corrected chi connectivity index (χ3v) is 3.84. The smallest absolute Gasteiger partial charge is 0.336 e. The first-order valence-electron chi connectivity index (χ1n) is 7.87. The Bertz CT molecular complexity index is 849. The molecule has 0 radical (unpaired) electrons. The van der Waals surface area contributed by atoms with E-state index in [1.807, 2.05) is 30.3 Å². The maximum Gasteiger partial charge on any atom is 0.336 e. The van der Waals surface area contributed by atoms with Crippen molar-refractivity contribution in [3.8, 4) is 5.75 Å². The van der Waals surface area contributed by atoms with Crippen LogP contribution in [0, 0.1) is 5.41 Å². The highest BCUT2D eigenvalue weighted by molar-refractivity contribution is 5.90. The molecule has 0 saturated carbocycles. The van der Waals surface area contributed by atoms with Crippen LogP contribution in [-0.2, 0) is 0 Å². The molecule has 0 spiro atoms. The number of imidazole rings is 1. The molecule has 25 heavy (non-hydrogen) atoms. The van der Waals surface area contributed by atoms with Crippen LogP contribution in [0.25, 0.3) is 0 Å². The lowest BCUT2D eigenvalue weighted by Gasteiger charge is -2.30. The fourth-order valence-corrected chi connectivity index (χ4v) is 2.42. The lowest BCUT2D eigenvalue weighted by Crippen LogP contribution is -2.47. The van der Waals surface area contributed by atoms with Gasteiger partial charge in [0.25, 0.3) is 0 Å². The third-order valence-electron chi connectivity index (χ3n) is 3.84. The summed E-state index contributed by atoms with van der Waals surface area (Å²) in [6, 6.07) is 8.82. The molecule has 0 bridgehead atoms. The van der Waals surface area contributed by atoms with E-state index in [-0.39, 0.29) is 18.1 Å². The second-order valence-electron chi connectivity index (χ2n) is 5.62. The van der Waals surface area contributed by atoms with Gasteiger partial charge >= 0.3 is 11.7 Å². The lowest BCUT2D eigenvalue weighted by molar-refractivity contribution is 0.168. The normalized spacial score (nSPS) is 13.0. The topological polar surface area (TPSA) is 103 Å². The van der Waals surface area contributed by atoms with Crippen LogP contribution in [-0.4, -0.2) is 46.4 Å². The fraction of sp³-hybridized carbons (Fsp3) is 0.235. The van der Waals surface area contributed by atoms with Gasteiger partial charge in [-0.05, 0) is 18.6 Å². The molecule has 0 aliphatic carbocycles. The maximum atomic E-state index is 12.3. The number of para-hydroxylation sites is 1. The molecule has 3 rings (SSSR count). The SMILES string of the molecule is C=C(COc1ccccc1)Nc1[nH]c(=O)n(C(=O)N2CCC2)c1C=N. The minimum atomic E-state index is -0.588. The van der Waals surface area contributed by atoms with E-state index < -0.39 is 11.7 Å². The summed E-state index contributed by atoms with van der Waals surface area (Å²) in [5, 5.41) is 10.5. The van der Waals surface area contributed by atoms with E-state index in [1.165, 1.54) is 0 Å². The average molecular weight is 341 g/mol. The van der Waals surface area contributed by atoms with Crippen molar-refractivity contribution >= 4 is 18.1 Å². The van der Waals surface area contributed by atoms with Crippen molar-refractivity contribution in [2.75, 3.05) is 25.0 Å². The summed E-state index contributed by atoms with van der Waals surface area (Å²) in [6.45, 7) is 5.26. The predicted molar refractivity (Wildman–Crippen MR) is 94.6 cm³/mol. The number of aromatic nitrogens is 2. The Balaban J connectivity index is 1.71. The summed E-state index contributed by atoms with van der Waals surface area (Å²) >= 11 is 0. The number of rotatable bonds is 6. The predicted octanol–water partition coefficient (Wildman–Crippen LogP) is 1.85. The summed E-state index contributed by atoms with van der Waals surface area (Å²) in [5.41, 5.74) is 0.0502. The molecule has 3 N–H and O–H groups in total. The Morgan fingerprint density at radius 3 is 2.68 bits per heavy atom. The van der Waals surface area contributed by atoms with Crippen LogP contribution in [0.1, 0.15) is 12.1 Å². The Hall–Kier alpha value is -3.29. The maximum absolute atomic E-state index is 12.3. The number of amides is 1. The van der Waals surface area contributed by atoms with Crippen LogP contribution in [0.4, 0.5) is 10.6 Å². The Kier molecular flexibility index (Phi) is 4.69. The van der Waals surface area contributed by atoms with Gasteiger partial charge in [0.15, 0.2) is 0 Å². The highest BCUT2D eigenvalue weighted by Gasteiger charge is 2.26. The summed E-state index contributed by atoms with van der Waals surface area (Å²) < 4.78 is 6.53. The number of carbonyl (C=O) groups is 1. The van der Waals surface area contributed by atoms with Gasteiger partial charge in [-0.15, -0.1) is 0 Å². The molecule has 2 heterocycles. The zero-order valence-corrected chi connectivity index (χ0v) is 13.6. The number of nitrogens with one attached hydrogen (secondary N) is 3. The second kappa shape index (κ2) is 7.08. The molecule has 0 unspecified atom stereocenters. The number of likely N-dealkylation sites (tertiary alicyclic amines) is 1. The zero-order valence-electron chi connectivity index (χ0n) is 13.6.